The minimum absolute atomic E-state index is 0.0674. The Morgan fingerprint density at radius 2 is 1.80 bits per heavy atom. The summed E-state index contributed by atoms with van der Waals surface area (Å²) in [7, 11) is -3.20. The Morgan fingerprint density at radius 1 is 1.33 bits per heavy atom. The molecule has 4 nitrogen and oxygen atoms in total. The maximum absolute atomic E-state index is 11.7. The van der Waals surface area contributed by atoms with Crippen LogP contribution in [0.5, 0.6) is 0 Å². The molecule has 15 heavy (non-hydrogen) atoms. The number of Topliss-reactive ketones (excluding diaryl/α,β-unsaturated/α-hetero) is 1. The molecule has 0 radical (unpaired) electrons. The Kier molecular flexibility index (Phi) is 4.93. The molecule has 0 aromatic carbocycles. The first-order valence-electron chi connectivity index (χ1n) is 5.07. The molecular weight excluding hydrogens is 214 g/mol. The number of carbonyl (C=O) groups is 1. The van der Waals surface area contributed by atoms with E-state index in [0.717, 1.165) is 0 Å². The number of carbonyl (C=O) groups excluding carboxylic acids is 1. The zero-order valence-electron chi connectivity index (χ0n) is 9.91. The van der Waals surface area contributed by atoms with Gasteiger partial charge in [0.1, 0.15) is 5.78 Å². The van der Waals surface area contributed by atoms with Crippen LogP contribution in [0.1, 0.15) is 34.1 Å². The minimum Gasteiger partial charge on any atom is -0.330 e. The summed E-state index contributed by atoms with van der Waals surface area (Å²) in [6, 6.07) is 0. The Morgan fingerprint density at radius 3 is 2.13 bits per heavy atom. The van der Waals surface area contributed by atoms with Gasteiger partial charge in [-0.15, -0.1) is 0 Å². The average molecular weight is 235 g/mol. The van der Waals surface area contributed by atoms with Gasteiger partial charge in [0, 0.05) is 18.9 Å². The highest BCUT2D eigenvalue weighted by Gasteiger charge is 2.29. The van der Waals surface area contributed by atoms with E-state index in [9.17, 15) is 13.2 Å². The topological polar surface area (TPSA) is 77.2 Å². The van der Waals surface area contributed by atoms with Crippen LogP contribution < -0.4 is 5.73 Å². The fourth-order valence-corrected chi connectivity index (χ4v) is 2.00. The highest BCUT2D eigenvalue weighted by atomic mass is 32.2. The molecule has 0 saturated heterocycles. The van der Waals surface area contributed by atoms with Crippen LogP contribution in [0.2, 0.25) is 0 Å². The average Bonchev–Trinajstić information content (AvgIpc) is 2.11. The van der Waals surface area contributed by atoms with Crippen LogP contribution >= 0.6 is 0 Å². The van der Waals surface area contributed by atoms with Crippen LogP contribution in [0, 0.1) is 5.92 Å². The van der Waals surface area contributed by atoms with E-state index in [2.05, 4.69) is 0 Å². The molecule has 0 saturated carbocycles. The summed E-state index contributed by atoms with van der Waals surface area (Å²) < 4.78 is 22.6. The lowest BCUT2D eigenvalue weighted by molar-refractivity contribution is -0.121. The van der Waals surface area contributed by atoms with Crippen LogP contribution in [-0.4, -0.2) is 31.2 Å². The first kappa shape index (κ1) is 14.6. The van der Waals surface area contributed by atoms with E-state index >= 15 is 0 Å². The molecule has 0 spiro atoms. The molecule has 0 aliphatic carbocycles. The SMILES string of the molecule is CC(CN)C(=O)CCS(=O)(=O)C(C)(C)C. The summed E-state index contributed by atoms with van der Waals surface area (Å²) >= 11 is 0. The lowest BCUT2D eigenvalue weighted by atomic mass is 10.1. The van der Waals surface area contributed by atoms with Crippen molar-refractivity contribution < 1.29 is 13.2 Å². The zero-order chi connectivity index (χ0) is 12.3. The molecule has 0 aliphatic rings. The van der Waals surface area contributed by atoms with Gasteiger partial charge in [-0.3, -0.25) is 4.79 Å². The Hall–Kier alpha value is -0.420. The van der Waals surface area contributed by atoms with Crippen LogP contribution in [-0.2, 0) is 14.6 Å². The standard InChI is InChI=1S/C10H21NO3S/c1-8(7-11)9(12)5-6-15(13,14)10(2,3)4/h8H,5-7,11H2,1-4H3. The zero-order valence-corrected chi connectivity index (χ0v) is 10.7. The third kappa shape index (κ3) is 4.30. The van der Waals surface area contributed by atoms with Gasteiger partial charge in [-0.25, -0.2) is 8.42 Å². The number of ketones is 1. The van der Waals surface area contributed by atoms with Crippen molar-refractivity contribution in [3.05, 3.63) is 0 Å². The lowest BCUT2D eigenvalue weighted by Gasteiger charge is -2.19. The largest absolute Gasteiger partial charge is 0.330 e. The summed E-state index contributed by atoms with van der Waals surface area (Å²) in [6.45, 7) is 6.90. The van der Waals surface area contributed by atoms with Crippen molar-refractivity contribution in [3.63, 3.8) is 0 Å². The van der Waals surface area contributed by atoms with E-state index in [1.54, 1.807) is 27.7 Å². The van der Waals surface area contributed by atoms with E-state index in [4.69, 9.17) is 5.73 Å². The van der Waals surface area contributed by atoms with Crippen molar-refractivity contribution in [3.8, 4) is 0 Å². The van der Waals surface area contributed by atoms with Gasteiger partial charge in [0.2, 0.25) is 0 Å². The van der Waals surface area contributed by atoms with Gasteiger partial charge in [-0.05, 0) is 20.8 Å². The van der Waals surface area contributed by atoms with Crippen molar-refractivity contribution in [2.75, 3.05) is 12.3 Å². The molecule has 1 atom stereocenters. The van der Waals surface area contributed by atoms with Gasteiger partial charge in [0.25, 0.3) is 0 Å². The molecule has 0 aromatic heterocycles. The normalized spacial score (nSPS) is 15.0. The number of hydrogen-bond donors (Lipinski definition) is 1. The number of sulfone groups is 1. The first-order chi connectivity index (χ1) is 6.62. The second-order valence-electron chi connectivity index (χ2n) is 4.78. The van der Waals surface area contributed by atoms with E-state index in [1.807, 2.05) is 0 Å². The Balaban J connectivity index is 4.36. The van der Waals surface area contributed by atoms with Gasteiger partial charge >= 0.3 is 0 Å². The van der Waals surface area contributed by atoms with Crippen molar-refractivity contribution in [2.45, 2.75) is 38.9 Å². The number of rotatable bonds is 5. The molecule has 0 rings (SSSR count). The smallest absolute Gasteiger partial charge is 0.155 e. The molecule has 5 heteroatoms. The van der Waals surface area contributed by atoms with Crippen LogP contribution in [0.3, 0.4) is 0 Å². The van der Waals surface area contributed by atoms with Crippen molar-refractivity contribution >= 4 is 15.6 Å². The molecule has 0 bridgehead atoms. The van der Waals surface area contributed by atoms with Crippen molar-refractivity contribution in [1.82, 2.24) is 0 Å². The fourth-order valence-electron chi connectivity index (χ4n) is 0.919. The molecule has 0 aliphatic heterocycles. The van der Waals surface area contributed by atoms with Gasteiger partial charge in [-0.2, -0.15) is 0 Å². The number of nitrogens with two attached hydrogens (primary N) is 1. The summed E-state index contributed by atoms with van der Waals surface area (Å²) in [5.74, 6) is -0.412. The number of hydrogen-bond acceptors (Lipinski definition) is 4. The van der Waals surface area contributed by atoms with Gasteiger partial charge < -0.3 is 5.73 Å². The lowest BCUT2D eigenvalue weighted by Crippen LogP contribution is -2.32. The van der Waals surface area contributed by atoms with Gasteiger partial charge in [0.05, 0.1) is 10.5 Å². The predicted octanol–water partition coefficient (Wildman–Crippen LogP) is 0.754. The second-order valence-corrected chi connectivity index (χ2v) is 7.65. The quantitative estimate of drug-likeness (QED) is 0.763. The highest BCUT2D eigenvalue weighted by molar-refractivity contribution is 7.92. The molecule has 90 valence electrons. The Labute approximate surface area is 92.2 Å². The molecule has 0 aromatic rings. The first-order valence-corrected chi connectivity index (χ1v) is 6.72. The van der Waals surface area contributed by atoms with Gasteiger partial charge in [0.15, 0.2) is 9.84 Å². The molecule has 0 heterocycles. The third-order valence-electron chi connectivity index (χ3n) is 2.45. The van der Waals surface area contributed by atoms with E-state index in [-0.39, 0.29) is 30.4 Å². The fraction of sp³-hybridized carbons (Fsp3) is 0.900. The van der Waals surface area contributed by atoms with Crippen LogP contribution in [0.25, 0.3) is 0 Å². The molecular formula is C10H21NO3S. The molecule has 2 N–H and O–H groups in total. The van der Waals surface area contributed by atoms with Gasteiger partial charge in [-0.1, -0.05) is 6.92 Å². The molecule has 1 unspecified atom stereocenters. The van der Waals surface area contributed by atoms with Crippen molar-refractivity contribution in [2.24, 2.45) is 11.7 Å². The second kappa shape index (κ2) is 5.07. The van der Waals surface area contributed by atoms with E-state index in [0.29, 0.717) is 0 Å². The van der Waals surface area contributed by atoms with E-state index < -0.39 is 14.6 Å². The van der Waals surface area contributed by atoms with Crippen LogP contribution in [0.15, 0.2) is 0 Å². The summed E-state index contributed by atoms with van der Waals surface area (Å²) in [5, 5.41) is 0. The van der Waals surface area contributed by atoms with Crippen LogP contribution in [0.4, 0.5) is 0 Å². The van der Waals surface area contributed by atoms with Crippen molar-refractivity contribution in [1.29, 1.82) is 0 Å². The highest BCUT2D eigenvalue weighted by Crippen LogP contribution is 2.17. The monoisotopic (exact) mass is 235 g/mol. The minimum atomic E-state index is -3.20. The predicted molar refractivity (Wildman–Crippen MR) is 61.4 cm³/mol. The summed E-state index contributed by atoms with van der Waals surface area (Å²) in [4.78, 5) is 11.4. The molecule has 0 amide bonds. The summed E-state index contributed by atoms with van der Waals surface area (Å²) in [5.41, 5.74) is 5.33. The third-order valence-corrected chi connectivity index (χ3v) is 5.06. The summed E-state index contributed by atoms with van der Waals surface area (Å²) in [6.07, 6.45) is 0.0674. The van der Waals surface area contributed by atoms with E-state index in [1.165, 1.54) is 0 Å². The maximum atomic E-state index is 11.7. The molecule has 0 fully saturated rings. The maximum Gasteiger partial charge on any atom is 0.155 e. The Bertz CT molecular complexity index is 314.